The minimum Gasteiger partial charge on any atom is -0.444 e. The molecule has 0 bridgehead atoms. The average Bonchev–Trinajstić information content (AvgIpc) is 1.97. The van der Waals surface area contributed by atoms with E-state index in [2.05, 4.69) is 32.7 Å². The highest BCUT2D eigenvalue weighted by Gasteiger charge is 2.27. The van der Waals surface area contributed by atoms with Crippen molar-refractivity contribution < 1.29 is 9.53 Å². The van der Waals surface area contributed by atoms with Crippen molar-refractivity contribution in [1.82, 2.24) is 5.32 Å². The van der Waals surface area contributed by atoms with E-state index in [0.717, 1.165) is 6.42 Å². The SMILES string of the molecule is C=CC[C@H](NC(=O)OC(C)(C)C)C(C)(C)C. The van der Waals surface area contributed by atoms with Crippen LogP contribution in [0.4, 0.5) is 4.79 Å². The van der Waals surface area contributed by atoms with Crippen LogP contribution in [0.3, 0.4) is 0 Å². The Hall–Kier alpha value is -0.990. The molecule has 0 saturated heterocycles. The number of rotatable bonds is 3. The first kappa shape index (κ1) is 15.0. The Morgan fingerprint density at radius 3 is 2.12 bits per heavy atom. The Labute approximate surface area is 99.3 Å². The minimum absolute atomic E-state index is 0.00884. The van der Waals surface area contributed by atoms with Gasteiger partial charge in [-0.25, -0.2) is 4.79 Å². The number of carbonyl (C=O) groups excluding carboxylic acids is 1. The molecule has 0 aromatic rings. The maximum Gasteiger partial charge on any atom is 0.407 e. The monoisotopic (exact) mass is 227 g/mol. The van der Waals surface area contributed by atoms with Gasteiger partial charge in [0.05, 0.1) is 0 Å². The van der Waals surface area contributed by atoms with Crippen molar-refractivity contribution in [3.63, 3.8) is 0 Å². The van der Waals surface area contributed by atoms with E-state index in [0.29, 0.717) is 0 Å². The van der Waals surface area contributed by atoms with Crippen LogP contribution in [0.5, 0.6) is 0 Å². The summed E-state index contributed by atoms with van der Waals surface area (Å²) in [7, 11) is 0. The lowest BCUT2D eigenvalue weighted by molar-refractivity contribution is 0.0465. The van der Waals surface area contributed by atoms with E-state index in [1.54, 1.807) is 0 Å². The van der Waals surface area contributed by atoms with E-state index in [1.165, 1.54) is 0 Å². The van der Waals surface area contributed by atoms with Gasteiger partial charge in [-0.1, -0.05) is 26.8 Å². The van der Waals surface area contributed by atoms with Gasteiger partial charge in [0.1, 0.15) is 5.60 Å². The molecule has 0 radical (unpaired) electrons. The van der Waals surface area contributed by atoms with Crippen LogP contribution >= 0.6 is 0 Å². The van der Waals surface area contributed by atoms with Gasteiger partial charge in [0.25, 0.3) is 0 Å². The van der Waals surface area contributed by atoms with Crippen LogP contribution in [0.2, 0.25) is 0 Å². The topological polar surface area (TPSA) is 38.3 Å². The fourth-order valence-electron chi connectivity index (χ4n) is 1.25. The molecule has 3 nitrogen and oxygen atoms in total. The van der Waals surface area contributed by atoms with Crippen molar-refractivity contribution in [3.05, 3.63) is 12.7 Å². The summed E-state index contributed by atoms with van der Waals surface area (Å²) >= 11 is 0. The summed E-state index contributed by atoms with van der Waals surface area (Å²) in [6.07, 6.45) is 2.19. The third kappa shape index (κ3) is 6.49. The Bertz CT molecular complexity index is 246. The summed E-state index contributed by atoms with van der Waals surface area (Å²) in [5.74, 6) is 0. The molecule has 0 saturated carbocycles. The molecule has 1 atom stereocenters. The van der Waals surface area contributed by atoms with Crippen LogP contribution in [-0.2, 0) is 4.74 Å². The van der Waals surface area contributed by atoms with Gasteiger partial charge < -0.3 is 10.1 Å². The lowest BCUT2D eigenvalue weighted by Crippen LogP contribution is -2.45. The number of carbonyl (C=O) groups is 1. The third-order valence-corrected chi connectivity index (χ3v) is 2.14. The standard InChI is InChI=1S/C13H25NO2/c1-8-9-10(12(2,3)4)14-11(15)16-13(5,6)7/h8,10H,1,9H2,2-7H3,(H,14,15)/t10-/m0/s1. The molecule has 0 rings (SSSR count). The molecular formula is C13H25NO2. The summed E-state index contributed by atoms with van der Waals surface area (Å²) in [5.41, 5.74) is -0.466. The van der Waals surface area contributed by atoms with Crippen molar-refractivity contribution in [3.8, 4) is 0 Å². The number of alkyl carbamates (subject to hydrolysis) is 1. The van der Waals surface area contributed by atoms with E-state index < -0.39 is 5.60 Å². The lowest BCUT2D eigenvalue weighted by atomic mass is 9.85. The molecule has 0 aromatic carbocycles. The first-order valence-electron chi connectivity index (χ1n) is 5.66. The van der Waals surface area contributed by atoms with Crippen LogP contribution in [0, 0.1) is 5.41 Å². The first-order chi connectivity index (χ1) is 7.06. The molecule has 0 unspecified atom stereocenters. The van der Waals surface area contributed by atoms with Gasteiger partial charge in [-0.2, -0.15) is 0 Å². The van der Waals surface area contributed by atoms with Crippen LogP contribution in [0.25, 0.3) is 0 Å². The number of ether oxygens (including phenoxy) is 1. The summed E-state index contributed by atoms with van der Waals surface area (Å²) in [6.45, 7) is 15.5. The second-order valence-electron chi connectivity index (χ2n) is 6.09. The van der Waals surface area contributed by atoms with Crippen molar-refractivity contribution in [2.45, 2.75) is 59.6 Å². The van der Waals surface area contributed by atoms with Gasteiger partial charge in [-0.3, -0.25) is 0 Å². The smallest absolute Gasteiger partial charge is 0.407 e. The van der Waals surface area contributed by atoms with Crippen molar-refractivity contribution in [2.75, 3.05) is 0 Å². The van der Waals surface area contributed by atoms with E-state index in [9.17, 15) is 4.79 Å². The molecule has 0 spiro atoms. The second kappa shape index (κ2) is 5.37. The molecule has 0 aliphatic carbocycles. The van der Waals surface area contributed by atoms with Gasteiger partial charge in [-0.15, -0.1) is 6.58 Å². The highest BCUT2D eigenvalue weighted by Crippen LogP contribution is 2.22. The lowest BCUT2D eigenvalue weighted by Gasteiger charge is -2.31. The fraction of sp³-hybridized carbons (Fsp3) is 0.769. The van der Waals surface area contributed by atoms with Gasteiger partial charge in [0.2, 0.25) is 0 Å². The molecule has 0 aromatic heterocycles. The first-order valence-corrected chi connectivity index (χ1v) is 5.66. The highest BCUT2D eigenvalue weighted by molar-refractivity contribution is 5.68. The molecule has 0 aliphatic heterocycles. The third-order valence-electron chi connectivity index (χ3n) is 2.14. The zero-order chi connectivity index (χ0) is 13.0. The van der Waals surface area contributed by atoms with Crippen molar-refractivity contribution in [1.29, 1.82) is 0 Å². The van der Waals surface area contributed by atoms with Crippen molar-refractivity contribution >= 4 is 6.09 Å². The molecular weight excluding hydrogens is 202 g/mol. The maximum atomic E-state index is 11.6. The second-order valence-corrected chi connectivity index (χ2v) is 6.09. The quantitative estimate of drug-likeness (QED) is 0.749. The predicted octanol–water partition coefficient (Wildman–Crippen LogP) is 3.50. The number of nitrogens with one attached hydrogen (secondary N) is 1. The van der Waals surface area contributed by atoms with E-state index in [-0.39, 0.29) is 17.6 Å². The molecule has 0 heterocycles. The van der Waals surface area contributed by atoms with Gasteiger partial charge >= 0.3 is 6.09 Å². The van der Waals surface area contributed by atoms with E-state index >= 15 is 0 Å². The molecule has 0 aliphatic rings. The Morgan fingerprint density at radius 2 is 1.81 bits per heavy atom. The zero-order valence-electron chi connectivity index (χ0n) is 11.4. The summed E-state index contributed by atoms with van der Waals surface area (Å²) < 4.78 is 5.23. The molecule has 16 heavy (non-hydrogen) atoms. The predicted molar refractivity (Wildman–Crippen MR) is 67.4 cm³/mol. The normalized spacial score (nSPS) is 14.1. The average molecular weight is 227 g/mol. The Morgan fingerprint density at radius 1 is 1.31 bits per heavy atom. The molecule has 0 fully saturated rings. The van der Waals surface area contributed by atoms with Crippen LogP contribution < -0.4 is 5.32 Å². The summed E-state index contributed by atoms with van der Waals surface area (Å²) in [5, 5.41) is 2.88. The fourth-order valence-corrected chi connectivity index (χ4v) is 1.25. The van der Waals surface area contributed by atoms with Crippen molar-refractivity contribution in [2.24, 2.45) is 5.41 Å². The maximum absolute atomic E-state index is 11.6. The molecule has 3 heteroatoms. The van der Waals surface area contributed by atoms with E-state index in [1.807, 2.05) is 26.8 Å². The number of hydrogen-bond acceptors (Lipinski definition) is 2. The van der Waals surface area contributed by atoms with Crippen LogP contribution in [-0.4, -0.2) is 17.7 Å². The summed E-state index contributed by atoms with van der Waals surface area (Å²) in [4.78, 5) is 11.6. The molecule has 1 amide bonds. The van der Waals surface area contributed by atoms with Gasteiger partial charge in [0.15, 0.2) is 0 Å². The molecule has 1 N–H and O–H groups in total. The largest absolute Gasteiger partial charge is 0.444 e. The Kier molecular flexibility index (Phi) is 5.04. The number of amides is 1. The van der Waals surface area contributed by atoms with Gasteiger partial charge in [-0.05, 0) is 32.6 Å². The molecule has 94 valence electrons. The summed E-state index contributed by atoms with van der Waals surface area (Å²) in [6, 6.07) is 0.0415. The van der Waals surface area contributed by atoms with Crippen LogP contribution in [0.1, 0.15) is 48.0 Å². The van der Waals surface area contributed by atoms with Crippen LogP contribution in [0.15, 0.2) is 12.7 Å². The minimum atomic E-state index is -0.458. The van der Waals surface area contributed by atoms with E-state index in [4.69, 9.17) is 4.74 Å². The Balaban J connectivity index is 4.42. The van der Waals surface area contributed by atoms with Gasteiger partial charge in [0, 0.05) is 6.04 Å². The zero-order valence-corrected chi connectivity index (χ0v) is 11.4. The number of hydrogen-bond donors (Lipinski definition) is 1. The highest BCUT2D eigenvalue weighted by atomic mass is 16.6.